The second-order valence-electron chi connectivity index (χ2n) is 4.09. The van der Waals surface area contributed by atoms with Gasteiger partial charge in [-0.15, -0.1) is 0 Å². The Morgan fingerprint density at radius 1 is 0.850 bits per heavy atom. The maximum absolute atomic E-state index is 5.16. The third-order valence-corrected chi connectivity index (χ3v) is 3.21. The summed E-state index contributed by atoms with van der Waals surface area (Å²) in [5.74, 6) is 0. The minimum Gasteiger partial charge on any atom is -0.411 e. The molecule has 2 aromatic rings. The van der Waals surface area contributed by atoms with Crippen molar-refractivity contribution >= 4 is 29.2 Å². The van der Waals surface area contributed by atoms with E-state index in [0.717, 1.165) is 13.1 Å². The van der Waals surface area contributed by atoms with E-state index in [4.69, 9.17) is 24.8 Å². The second-order valence-corrected chi connectivity index (χ2v) is 5.12. The van der Waals surface area contributed by atoms with Gasteiger partial charge in [-0.3, -0.25) is 0 Å². The molecule has 0 atom stereocenters. The van der Waals surface area contributed by atoms with E-state index >= 15 is 0 Å². The van der Waals surface area contributed by atoms with Gasteiger partial charge in [-0.2, -0.15) is 0 Å². The van der Waals surface area contributed by atoms with Gasteiger partial charge in [0, 0.05) is 13.1 Å². The van der Waals surface area contributed by atoms with E-state index in [9.17, 15) is 0 Å². The molecule has 20 heavy (non-hydrogen) atoms. The van der Waals surface area contributed by atoms with Crippen LogP contribution in [0.2, 0.25) is 0 Å². The van der Waals surface area contributed by atoms with Gasteiger partial charge in [-0.25, -0.2) is 0 Å². The first-order valence-electron chi connectivity index (χ1n) is 5.79. The molecule has 1 nitrogen and oxygen atoms in total. The van der Waals surface area contributed by atoms with Crippen LogP contribution in [0.4, 0.5) is 0 Å². The van der Waals surface area contributed by atoms with Crippen LogP contribution in [0.1, 0.15) is 18.6 Å². The summed E-state index contributed by atoms with van der Waals surface area (Å²) in [6, 6.07) is 20.5. The molecule has 0 amide bonds. The van der Waals surface area contributed by atoms with Crippen LogP contribution in [-0.4, -0.2) is 9.22 Å². The zero-order valence-electron chi connectivity index (χ0n) is 11.0. The first-order valence-corrected chi connectivity index (χ1v) is 6.61. The van der Waals surface area contributed by atoms with Gasteiger partial charge in [0.15, 0.2) is 0 Å². The average Bonchev–Trinajstić information content (AvgIpc) is 2.40. The maximum atomic E-state index is 5.16. The second kappa shape index (κ2) is 10.3. The third kappa shape index (κ3) is 6.33. The molecule has 0 aliphatic carbocycles. The number of benzene rings is 2. The molecule has 0 aromatic heterocycles. The van der Waals surface area contributed by atoms with Crippen molar-refractivity contribution in [2.45, 2.75) is 20.5 Å². The van der Waals surface area contributed by atoms with Crippen LogP contribution in [0.25, 0.3) is 0 Å². The van der Waals surface area contributed by atoms with Gasteiger partial charge in [0.05, 0.1) is 0 Å². The largest absolute Gasteiger partial charge is 1.00 e. The van der Waals surface area contributed by atoms with E-state index in [1.165, 1.54) is 11.1 Å². The van der Waals surface area contributed by atoms with E-state index in [0.29, 0.717) is 4.32 Å². The molecule has 0 bridgehead atoms. The molecule has 0 N–H and O–H groups in total. The molecule has 0 aliphatic heterocycles. The van der Waals surface area contributed by atoms with Gasteiger partial charge in [0.1, 0.15) is 0 Å². The first kappa shape index (κ1) is 19.6. The normalized spacial score (nSPS) is 9.00. The minimum atomic E-state index is 0. The van der Waals surface area contributed by atoms with Crippen molar-refractivity contribution in [1.82, 2.24) is 4.90 Å². The fourth-order valence-corrected chi connectivity index (χ4v) is 2.05. The van der Waals surface area contributed by atoms with Crippen LogP contribution in [0.15, 0.2) is 60.7 Å². The molecule has 0 unspecified atom stereocenters. The summed E-state index contributed by atoms with van der Waals surface area (Å²) in [6.45, 7) is 1.52. The van der Waals surface area contributed by atoms with Gasteiger partial charge < -0.3 is 29.7 Å². The molecule has 0 saturated carbocycles. The predicted octanol–water partition coefficient (Wildman–Crippen LogP) is 1.16. The van der Waals surface area contributed by atoms with Crippen molar-refractivity contribution in [2.24, 2.45) is 0 Å². The SMILES string of the molecule is C.S=C([S-])N(Cc1ccccc1)Cc1ccccc1.[Na+]. The fraction of sp³-hybridized carbons (Fsp3) is 0.188. The molecule has 0 fully saturated rings. The monoisotopic (exact) mass is 311 g/mol. The van der Waals surface area contributed by atoms with Crippen molar-refractivity contribution in [2.75, 3.05) is 0 Å². The van der Waals surface area contributed by atoms with Crippen molar-refractivity contribution in [3.8, 4) is 0 Å². The van der Waals surface area contributed by atoms with Gasteiger partial charge >= 0.3 is 29.6 Å². The summed E-state index contributed by atoms with van der Waals surface area (Å²) in [7, 11) is 0. The summed E-state index contributed by atoms with van der Waals surface area (Å²) < 4.78 is 0.516. The van der Waals surface area contributed by atoms with Gasteiger partial charge in [-0.05, 0) is 11.1 Å². The fourth-order valence-electron chi connectivity index (χ4n) is 1.79. The van der Waals surface area contributed by atoms with Crippen LogP contribution in [-0.2, 0) is 25.7 Å². The van der Waals surface area contributed by atoms with Crippen molar-refractivity contribution in [3.63, 3.8) is 0 Å². The Bertz CT molecular complexity index is 461. The molecule has 0 spiro atoms. The first-order chi connectivity index (χ1) is 8.75. The predicted molar refractivity (Wildman–Crippen MR) is 88.8 cm³/mol. The summed E-state index contributed by atoms with van der Waals surface area (Å²) in [5, 5.41) is 0. The van der Waals surface area contributed by atoms with Gasteiger partial charge in [0.2, 0.25) is 0 Å². The minimum absolute atomic E-state index is 0. The van der Waals surface area contributed by atoms with Crippen molar-refractivity contribution in [1.29, 1.82) is 0 Å². The van der Waals surface area contributed by atoms with Crippen molar-refractivity contribution < 1.29 is 29.6 Å². The van der Waals surface area contributed by atoms with E-state index in [-0.39, 0.29) is 37.0 Å². The summed E-state index contributed by atoms with van der Waals surface area (Å²) >= 11 is 10.3. The Labute approximate surface area is 155 Å². The Kier molecular flexibility index (Phi) is 10.1. The molecular weight excluding hydrogens is 293 g/mol. The smallest absolute Gasteiger partial charge is 0.411 e. The van der Waals surface area contributed by atoms with E-state index in [2.05, 4.69) is 24.3 Å². The zero-order chi connectivity index (χ0) is 12.8. The third-order valence-electron chi connectivity index (χ3n) is 2.69. The molecule has 100 valence electrons. The Balaban J connectivity index is 0.00000180. The average molecular weight is 311 g/mol. The van der Waals surface area contributed by atoms with Crippen LogP contribution in [0.3, 0.4) is 0 Å². The summed E-state index contributed by atoms with van der Waals surface area (Å²) in [6.07, 6.45) is 0. The molecule has 0 saturated heterocycles. The van der Waals surface area contributed by atoms with E-state index in [1.807, 2.05) is 41.3 Å². The van der Waals surface area contributed by atoms with Gasteiger partial charge in [-0.1, -0.05) is 72.4 Å². The van der Waals surface area contributed by atoms with Gasteiger partial charge in [0.25, 0.3) is 0 Å². The summed E-state index contributed by atoms with van der Waals surface area (Å²) in [5.41, 5.74) is 2.45. The zero-order valence-corrected chi connectivity index (χ0v) is 14.6. The standard InChI is InChI=1S/C15H15NS2.CH4.Na/c17-15(18)16(11-13-7-3-1-4-8-13)12-14-9-5-2-6-10-14;;/h1-10H,11-12H2,(H,17,18);1H4;/q;;+1/p-1. The molecule has 2 aromatic carbocycles. The van der Waals surface area contributed by atoms with Crippen LogP contribution in [0.5, 0.6) is 0 Å². The number of hydrogen-bond acceptors (Lipinski definition) is 2. The molecular formula is C16H18NNaS2. The van der Waals surface area contributed by atoms with Crippen LogP contribution < -0.4 is 29.6 Å². The Hall–Kier alpha value is -0.450. The molecule has 4 heteroatoms. The van der Waals surface area contributed by atoms with Crippen LogP contribution >= 0.6 is 12.2 Å². The Morgan fingerprint density at radius 3 is 1.50 bits per heavy atom. The number of nitrogens with zero attached hydrogens (tertiary/aromatic N) is 1. The number of rotatable bonds is 4. The number of thiocarbonyl (C=S) groups is 1. The van der Waals surface area contributed by atoms with E-state index in [1.54, 1.807) is 0 Å². The van der Waals surface area contributed by atoms with E-state index < -0.39 is 0 Å². The molecule has 2 rings (SSSR count). The number of hydrogen-bond donors (Lipinski definition) is 0. The molecule has 0 aliphatic rings. The molecule has 0 radical (unpaired) electrons. The quantitative estimate of drug-likeness (QED) is 0.474. The Morgan fingerprint density at radius 2 is 1.20 bits per heavy atom. The van der Waals surface area contributed by atoms with Crippen molar-refractivity contribution in [3.05, 3.63) is 71.8 Å². The van der Waals surface area contributed by atoms with Crippen LogP contribution in [0, 0.1) is 0 Å². The topological polar surface area (TPSA) is 3.24 Å². The summed E-state index contributed by atoms with van der Waals surface area (Å²) in [4.78, 5) is 2.04. The molecule has 0 heterocycles. The maximum Gasteiger partial charge on any atom is 1.00 e.